The van der Waals surface area contributed by atoms with Crippen LogP contribution in [0.4, 0.5) is 5.69 Å². The van der Waals surface area contributed by atoms with E-state index in [0.29, 0.717) is 17.2 Å². The van der Waals surface area contributed by atoms with Crippen molar-refractivity contribution in [3.63, 3.8) is 0 Å². The maximum absolute atomic E-state index is 12.3. The Morgan fingerprint density at radius 1 is 0.920 bits per heavy atom. The summed E-state index contributed by atoms with van der Waals surface area (Å²) in [4.78, 5) is 12.3. The molecule has 2 aromatic carbocycles. The van der Waals surface area contributed by atoms with E-state index in [4.69, 9.17) is 14.2 Å². The van der Waals surface area contributed by atoms with E-state index in [2.05, 4.69) is 12.2 Å². The molecule has 0 bridgehead atoms. The lowest BCUT2D eigenvalue weighted by atomic mass is 10.1. The molecule has 0 aliphatic heterocycles. The molecule has 0 aliphatic rings. The van der Waals surface area contributed by atoms with Crippen molar-refractivity contribution in [3.05, 3.63) is 47.5 Å². The number of ether oxygens (including phenoxy) is 3. The van der Waals surface area contributed by atoms with E-state index in [0.717, 1.165) is 24.1 Å². The van der Waals surface area contributed by atoms with Crippen LogP contribution in [-0.2, 0) is 17.6 Å². The molecule has 1 N–H and O–H groups in total. The maximum atomic E-state index is 12.3. The fraction of sp³-hybridized carbons (Fsp3) is 0.350. The number of carbonyl (C=O) groups is 1. The van der Waals surface area contributed by atoms with Crippen molar-refractivity contribution in [2.75, 3.05) is 26.6 Å². The Labute approximate surface area is 148 Å². The molecule has 0 aliphatic carbocycles. The summed E-state index contributed by atoms with van der Waals surface area (Å²) in [5.41, 5.74) is 2.84. The number of rotatable bonds is 8. The number of anilines is 1. The number of methoxy groups -OCH3 is 3. The van der Waals surface area contributed by atoms with Gasteiger partial charge in [-0.15, -0.1) is 0 Å². The minimum Gasteiger partial charge on any atom is -0.493 e. The molecule has 0 heterocycles. The molecule has 0 atom stereocenters. The van der Waals surface area contributed by atoms with Crippen molar-refractivity contribution in [3.8, 4) is 17.2 Å². The lowest BCUT2D eigenvalue weighted by molar-refractivity contribution is -0.115. The topological polar surface area (TPSA) is 56.8 Å². The van der Waals surface area contributed by atoms with Crippen LogP contribution in [0.2, 0.25) is 0 Å². The number of carbonyl (C=O) groups excluding carboxylic acids is 1. The van der Waals surface area contributed by atoms with Crippen LogP contribution in [0.3, 0.4) is 0 Å². The highest BCUT2D eigenvalue weighted by atomic mass is 16.5. The van der Waals surface area contributed by atoms with Gasteiger partial charge in [0.05, 0.1) is 27.8 Å². The van der Waals surface area contributed by atoms with Crippen LogP contribution in [0.15, 0.2) is 36.4 Å². The highest BCUT2D eigenvalue weighted by Crippen LogP contribution is 2.38. The van der Waals surface area contributed by atoms with Crippen molar-refractivity contribution < 1.29 is 19.0 Å². The molecule has 0 spiro atoms. The zero-order chi connectivity index (χ0) is 18.2. The van der Waals surface area contributed by atoms with E-state index in [1.165, 1.54) is 5.56 Å². The second kappa shape index (κ2) is 8.97. The molecule has 0 saturated heterocycles. The number of nitrogens with one attached hydrogen (secondary N) is 1. The number of amides is 1. The highest BCUT2D eigenvalue weighted by Gasteiger charge is 2.15. The summed E-state index contributed by atoms with van der Waals surface area (Å²) in [6.45, 7) is 2.15. The van der Waals surface area contributed by atoms with Crippen molar-refractivity contribution in [2.24, 2.45) is 0 Å². The van der Waals surface area contributed by atoms with Crippen LogP contribution in [0, 0.1) is 0 Å². The first kappa shape index (κ1) is 18.6. The van der Waals surface area contributed by atoms with Gasteiger partial charge in [-0.1, -0.05) is 25.5 Å². The molecule has 1 amide bonds. The Balaban J connectivity index is 2.09. The summed E-state index contributed by atoms with van der Waals surface area (Å²) in [5, 5.41) is 2.91. The predicted octanol–water partition coefficient (Wildman–Crippen LogP) is 3.85. The first-order chi connectivity index (χ1) is 12.1. The van der Waals surface area contributed by atoms with E-state index >= 15 is 0 Å². The number of hydrogen-bond donors (Lipinski definition) is 1. The van der Waals surface area contributed by atoms with Gasteiger partial charge in [-0.3, -0.25) is 4.79 Å². The minimum atomic E-state index is -0.0995. The molecule has 25 heavy (non-hydrogen) atoms. The predicted molar refractivity (Wildman–Crippen MR) is 98.9 cm³/mol. The Hall–Kier alpha value is -2.69. The third kappa shape index (κ3) is 4.89. The van der Waals surface area contributed by atoms with E-state index < -0.39 is 0 Å². The van der Waals surface area contributed by atoms with Gasteiger partial charge in [-0.2, -0.15) is 0 Å². The molecule has 5 heteroatoms. The summed E-state index contributed by atoms with van der Waals surface area (Å²) in [6, 6.07) is 11.5. The van der Waals surface area contributed by atoms with Crippen LogP contribution >= 0.6 is 0 Å². The molecule has 5 nitrogen and oxygen atoms in total. The standard InChI is InChI=1S/C20H25NO4/c1-5-6-14-7-9-16(10-8-14)21-19(22)13-15-11-17(23-2)20(25-4)18(12-15)24-3/h7-12H,5-6,13H2,1-4H3,(H,21,22). The largest absolute Gasteiger partial charge is 0.493 e. The smallest absolute Gasteiger partial charge is 0.228 e. The first-order valence-electron chi connectivity index (χ1n) is 8.29. The van der Waals surface area contributed by atoms with Gasteiger partial charge in [-0.25, -0.2) is 0 Å². The Bertz CT molecular complexity index is 685. The van der Waals surface area contributed by atoms with E-state index in [-0.39, 0.29) is 12.3 Å². The van der Waals surface area contributed by atoms with Gasteiger partial charge in [0.25, 0.3) is 0 Å². The molecule has 0 aromatic heterocycles. The molecule has 2 aromatic rings. The van der Waals surface area contributed by atoms with Crippen molar-refractivity contribution in [1.82, 2.24) is 0 Å². The third-order valence-electron chi connectivity index (χ3n) is 3.87. The summed E-state index contributed by atoms with van der Waals surface area (Å²) in [5.74, 6) is 1.49. The van der Waals surface area contributed by atoms with Gasteiger partial charge in [0.15, 0.2) is 11.5 Å². The monoisotopic (exact) mass is 343 g/mol. The van der Waals surface area contributed by atoms with Crippen molar-refractivity contribution >= 4 is 11.6 Å². The van der Waals surface area contributed by atoms with Gasteiger partial charge in [-0.05, 0) is 41.8 Å². The third-order valence-corrected chi connectivity index (χ3v) is 3.87. The Morgan fingerprint density at radius 2 is 1.52 bits per heavy atom. The Kier molecular flexibility index (Phi) is 6.69. The SMILES string of the molecule is CCCc1ccc(NC(=O)Cc2cc(OC)c(OC)c(OC)c2)cc1. The van der Waals surface area contributed by atoms with Crippen LogP contribution in [0.5, 0.6) is 17.2 Å². The van der Waals surface area contributed by atoms with E-state index in [9.17, 15) is 4.79 Å². The molecule has 0 saturated carbocycles. The average molecular weight is 343 g/mol. The molecule has 0 unspecified atom stereocenters. The quantitative estimate of drug-likeness (QED) is 0.791. The summed E-state index contributed by atoms with van der Waals surface area (Å²) >= 11 is 0. The zero-order valence-corrected chi connectivity index (χ0v) is 15.2. The van der Waals surface area contributed by atoms with Gasteiger partial charge in [0.1, 0.15) is 0 Å². The molecule has 2 rings (SSSR count). The minimum absolute atomic E-state index is 0.0995. The lowest BCUT2D eigenvalue weighted by Crippen LogP contribution is -2.14. The van der Waals surface area contributed by atoms with Crippen LogP contribution in [0.25, 0.3) is 0 Å². The van der Waals surface area contributed by atoms with Gasteiger partial charge < -0.3 is 19.5 Å². The fourth-order valence-electron chi connectivity index (χ4n) is 2.67. The molecular weight excluding hydrogens is 318 g/mol. The second-order valence-electron chi connectivity index (χ2n) is 5.71. The van der Waals surface area contributed by atoms with E-state index in [1.807, 2.05) is 24.3 Å². The van der Waals surface area contributed by atoms with Crippen LogP contribution in [-0.4, -0.2) is 27.2 Å². The average Bonchev–Trinajstić information content (AvgIpc) is 2.62. The van der Waals surface area contributed by atoms with Crippen molar-refractivity contribution in [2.45, 2.75) is 26.2 Å². The van der Waals surface area contributed by atoms with E-state index in [1.54, 1.807) is 33.5 Å². The molecule has 0 fully saturated rings. The molecule has 0 radical (unpaired) electrons. The summed E-state index contributed by atoms with van der Waals surface area (Å²) < 4.78 is 15.9. The van der Waals surface area contributed by atoms with Crippen LogP contribution < -0.4 is 19.5 Å². The Morgan fingerprint density at radius 3 is 2.00 bits per heavy atom. The normalized spacial score (nSPS) is 10.2. The van der Waals surface area contributed by atoms with Crippen molar-refractivity contribution in [1.29, 1.82) is 0 Å². The summed E-state index contributed by atoms with van der Waals surface area (Å²) in [6.07, 6.45) is 2.36. The maximum Gasteiger partial charge on any atom is 0.228 e. The number of hydrogen-bond acceptors (Lipinski definition) is 4. The molecular formula is C20H25NO4. The summed E-state index contributed by atoms with van der Waals surface area (Å²) in [7, 11) is 4.66. The highest BCUT2D eigenvalue weighted by molar-refractivity contribution is 5.92. The van der Waals surface area contributed by atoms with Gasteiger partial charge >= 0.3 is 0 Å². The number of benzene rings is 2. The molecule has 134 valence electrons. The lowest BCUT2D eigenvalue weighted by Gasteiger charge is -2.14. The number of aryl methyl sites for hydroxylation is 1. The van der Waals surface area contributed by atoms with Crippen LogP contribution in [0.1, 0.15) is 24.5 Å². The van der Waals surface area contributed by atoms with Gasteiger partial charge in [0.2, 0.25) is 11.7 Å². The van der Waals surface area contributed by atoms with Gasteiger partial charge in [0, 0.05) is 5.69 Å². The fourth-order valence-corrected chi connectivity index (χ4v) is 2.67. The zero-order valence-electron chi connectivity index (χ0n) is 15.2. The first-order valence-corrected chi connectivity index (χ1v) is 8.29. The second-order valence-corrected chi connectivity index (χ2v) is 5.71.